The maximum absolute atomic E-state index is 10.1. The normalized spacial score (nSPS) is 12.9. The zero-order valence-electron chi connectivity index (χ0n) is 4.69. The lowest BCUT2D eigenvalue weighted by molar-refractivity contribution is -0.143. The predicted octanol–water partition coefficient (Wildman–Crippen LogP) is 0.991. The number of carbonyl (C=O) groups excluding carboxylic acids is 1. The topological polar surface area (TPSA) is 26.3 Å². The van der Waals surface area contributed by atoms with Gasteiger partial charge >= 0.3 is 5.97 Å². The molecular weight excluding hydrogens is 128 g/mol. The highest BCUT2D eigenvalue weighted by molar-refractivity contribution is 6.18. The number of rotatable bonds is 2. The van der Waals surface area contributed by atoms with E-state index in [0.29, 0.717) is 0 Å². The van der Waals surface area contributed by atoms with E-state index in [4.69, 9.17) is 11.6 Å². The van der Waals surface area contributed by atoms with Gasteiger partial charge in [0, 0.05) is 6.92 Å². The Hall–Kier alpha value is -0.240. The molecule has 0 spiro atoms. The van der Waals surface area contributed by atoms with Gasteiger partial charge in [-0.15, -0.1) is 11.6 Å². The maximum Gasteiger partial charge on any atom is 0.302 e. The molecule has 1 unspecified atom stereocenters. The molecule has 1 atom stereocenters. The summed E-state index contributed by atoms with van der Waals surface area (Å²) in [6.07, 6.45) is -0.408. The van der Waals surface area contributed by atoms with Crippen LogP contribution in [0, 0.1) is 6.92 Å². The van der Waals surface area contributed by atoms with Crippen LogP contribution in [-0.4, -0.2) is 18.0 Å². The van der Waals surface area contributed by atoms with E-state index < -0.39 is 6.10 Å². The molecule has 0 heterocycles. The van der Waals surface area contributed by atoms with Crippen molar-refractivity contribution in [2.45, 2.75) is 13.0 Å². The summed E-state index contributed by atoms with van der Waals surface area (Å²) in [7, 11) is 0. The van der Waals surface area contributed by atoms with Gasteiger partial charge < -0.3 is 4.74 Å². The van der Waals surface area contributed by atoms with Crippen LogP contribution >= 0.6 is 11.6 Å². The van der Waals surface area contributed by atoms with E-state index in [0.717, 1.165) is 0 Å². The summed E-state index contributed by atoms with van der Waals surface area (Å²) in [5, 5.41) is 0. The Balaban J connectivity index is 3.24. The molecule has 8 heavy (non-hydrogen) atoms. The monoisotopic (exact) mass is 135 g/mol. The van der Waals surface area contributed by atoms with Crippen LogP contribution in [0.15, 0.2) is 0 Å². The smallest absolute Gasteiger partial charge is 0.302 e. The fourth-order valence-corrected chi connectivity index (χ4v) is 0.329. The highest BCUT2D eigenvalue weighted by Gasteiger charge is 2.00. The molecule has 0 aliphatic carbocycles. The predicted molar refractivity (Wildman–Crippen MR) is 31.6 cm³/mol. The summed E-state index contributed by atoms with van der Waals surface area (Å²) >= 11 is 5.26. The van der Waals surface area contributed by atoms with Gasteiger partial charge in [0.05, 0.1) is 5.88 Å². The van der Waals surface area contributed by atoms with E-state index in [9.17, 15) is 4.79 Å². The summed E-state index contributed by atoms with van der Waals surface area (Å²) in [6.45, 7) is 4.75. The first kappa shape index (κ1) is 7.76. The van der Waals surface area contributed by atoms with E-state index in [1.54, 1.807) is 0 Å². The minimum Gasteiger partial charge on any atom is -0.461 e. The molecule has 2 nitrogen and oxygen atoms in total. The zero-order chi connectivity index (χ0) is 6.57. The minimum atomic E-state index is -0.408. The van der Waals surface area contributed by atoms with Crippen molar-refractivity contribution in [1.29, 1.82) is 0 Å². The van der Waals surface area contributed by atoms with Crippen LogP contribution in [0.3, 0.4) is 0 Å². The third kappa shape index (κ3) is 3.93. The third-order valence-corrected chi connectivity index (χ3v) is 0.849. The minimum absolute atomic E-state index is 0.250. The van der Waals surface area contributed by atoms with Crippen molar-refractivity contribution in [2.24, 2.45) is 0 Å². The number of hydrogen-bond donors (Lipinski definition) is 0. The molecular formula is C5H8ClO2. The third-order valence-electron chi connectivity index (χ3n) is 0.505. The Bertz CT molecular complexity index is 82.5. The fourth-order valence-electron chi connectivity index (χ4n) is 0.266. The van der Waals surface area contributed by atoms with Crippen LogP contribution < -0.4 is 0 Å². The second-order valence-corrected chi connectivity index (χ2v) is 1.69. The largest absolute Gasteiger partial charge is 0.461 e. The lowest BCUT2D eigenvalue weighted by Gasteiger charge is -2.05. The van der Waals surface area contributed by atoms with E-state index >= 15 is 0 Å². The van der Waals surface area contributed by atoms with Gasteiger partial charge in [0.25, 0.3) is 0 Å². The summed E-state index contributed by atoms with van der Waals surface area (Å²) in [5.41, 5.74) is 0. The molecule has 0 fully saturated rings. The average Bonchev–Trinajstić information content (AvgIpc) is 1.65. The zero-order valence-corrected chi connectivity index (χ0v) is 5.44. The second kappa shape index (κ2) is 3.72. The second-order valence-electron chi connectivity index (χ2n) is 1.39. The first-order valence-electron chi connectivity index (χ1n) is 2.23. The van der Waals surface area contributed by atoms with Crippen molar-refractivity contribution >= 4 is 17.6 Å². The highest BCUT2D eigenvalue weighted by Crippen LogP contribution is 1.91. The van der Waals surface area contributed by atoms with Gasteiger partial charge in [-0.1, -0.05) is 0 Å². The Morgan fingerprint density at radius 1 is 2.00 bits per heavy atom. The van der Waals surface area contributed by atoms with Gasteiger partial charge in [0.1, 0.15) is 6.10 Å². The van der Waals surface area contributed by atoms with Crippen molar-refractivity contribution in [3.63, 3.8) is 0 Å². The molecule has 3 heteroatoms. The molecule has 0 saturated heterocycles. The van der Waals surface area contributed by atoms with Crippen molar-refractivity contribution in [3.8, 4) is 0 Å². The van der Waals surface area contributed by atoms with E-state index in [1.807, 2.05) is 0 Å². The van der Waals surface area contributed by atoms with E-state index in [-0.39, 0.29) is 11.8 Å². The lowest BCUT2D eigenvalue weighted by atomic mass is 10.5. The molecule has 0 aliphatic rings. The van der Waals surface area contributed by atoms with Gasteiger partial charge in [-0.25, -0.2) is 0 Å². The molecule has 0 aromatic heterocycles. The Kier molecular flexibility index (Phi) is 3.61. The molecule has 47 valence electrons. The SMILES string of the molecule is [CH2]C(CCl)OC(C)=O. The van der Waals surface area contributed by atoms with Crippen LogP contribution in [0.1, 0.15) is 6.92 Å². The highest BCUT2D eigenvalue weighted by atomic mass is 35.5. The van der Waals surface area contributed by atoms with Crippen LogP contribution in [0.2, 0.25) is 0 Å². The first-order valence-corrected chi connectivity index (χ1v) is 2.76. The fraction of sp³-hybridized carbons (Fsp3) is 0.600. The number of halogens is 1. The van der Waals surface area contributed by atoms with Crippen molar-refractivity contribution in [1.82, 2.24) is 0 Å². The van der Waals surface area contributed by atoms with Crippen LogP contribution in [0.5, 0.6) is 0 Å². The number of carbonyl (C=O) groups is 1. The van der Waals surface area contributed by atoms with Crippen LogP contribution in [0.4, 0.5) is 0 Å². The lowest BCUT2D eigenvalue weighted by Crippen LogP contribution is -2.13. The van der Waals surface area contributed by atoms with Gasteiger partial charge in [0.15, 0.2) is 0 Å². The first-order chi connectivity index (χ1) is 3.66. The molecule has 0 N–H and O–H groups in total. The molecule has 0 rings (SSSR count). The van der Waals surface area contributed by atoms with Gasteiger partial charge in [-0.3, -0.25) is 4.79 Å². The Morgan fingerprint density at radius 2 is 2.50 bits per heavy atom. The van der Waals surface area contributed by atoms with E-state index in [1.165, 1.54) is 6.92 Å². The van der Waals surface area contributed by atoms with Crippen molar-refractivity contribution in [2.75, 3.05) is 5.88 Å². The molecule has 0 bridgehead atoms. The number of alkyl halides is 1. The molecule has 0 aliphatic heterocycles. The Labute approximate surface area is 53.8 Å². The quantitative estimate of drug-likeness (QED) is 0.417. The summed E-state index contributed by atoms with van der Waals surface area (Å²) in [6, 6.07) is 0. The summed E-state index contributed by atoms with van der Waals surface area (Å²) in [5.74, 6) is -0.0924. The van der Waals surface area contributed by atoms with Crippen molar-refractivity contribution in [3.05, 3.63) is 6.92 Å². The van der Waals surface area contributed by atoms with Crippen LogP contribution in [0.25, 0.3) is 0 Å². The molecule has 0 aromatic carbocycles. The molecule has 0 saturated carbocycles. The number of hydrogen-bond acceptors (Lipinski definition) is 2. The van der Waals surface area contributed by atoms with Crippen molar-refractivity contribution < 1.29 is 9.53 Å². The van der Waals surface area contributed by atoms with Gasteiger partial charge in [0.2, 0.25) is 0 Å². The molecule has 1 radical (unpaired) electrons. The molecule has 0 amide bonds. The summed E-state index contributed by atoms with van der Waals surface area (Å²) < 4.78 is 4.52. The Morgan fingerprint density at radius 3 is 2.62 bits per heavy atom. The molecule has 0 aromatic rings. The standard InChI is InChI=1S/C5H8ClO2/c1-4(3-6)8-5(2)7/h4H,1,3H2,2H3. The number of ether oxygens (including phenoxy) is 1. The van der Waals surface area contributed by atoms with E-state index in [2.05, 4.69) is 11.7 Å². The van der Waals surface area contributed by atoms with Crippen LogP contribution in [-0.2, 0) is 9.53 Å². The van der Waals surface area contributed by atoms with Gasteiger partial charge in [-0.2, -0.15) is 0 Å². The average molecular weight is 136 g/mol. The van der Waals surface area contributed by atoms with Gasteiger partial charge in [-0.05, 0) is 6.92 Å². The number of esters is 1. The maximum atomic E-state index is 10.1. The summed E-state index contributed by atoms with van der Waals surface area (Å²) in [4.78, 5) is 10.1.